The molecule has 0 fully saturated rings. The molecule has 0 bridgehead atoms. The molecular formula is C17H16N4O3. The highest BCUT2D eigenvalue weighted by Crippen LogP contribution is 2.18. The van der Waals surface area contributed by atoms with Gasteiger partial charge >= 0.3 is 0 Å². The molecule has 0 saturated carbocycles. The highest BCUT2D eigenvalue weighted by Gasteiger charge is 2.15. The number of rotatable bonds is 5. The third kappa shape index (κ3) is 2.97. The Balaban J connectivity index is 1.87. The van der Waals surface area contributed by atoms with Gasteiger partial charge in [-0.25, -0.2) is 4.98 Å². The molecule has 3 aromatic rings. The number of imidazole rings is 1. The second kappa shape index (κ2) is 6.51. The summed E-state index contributed by atoms with van der Waals surface area (Å²) in [6.07, 6.45) is 0. The van der Waals surface area contributed by atoms with Gasteiger partial charge in [-0.3, -0.25) is 9.59 Å². The second-order valence-electron chi connectivity index (χ2n) is 5.22. The molecule has 7 nitrogen and oxygen atoms in total. The normalized spacial score (nSPS) is 10.7. The summed E-state index contributed by atoms with van der Waals surface area (Å²) in [6, 6.07) is 13.8. The van der Waals surface area contributed by atoms with E-state index in [4.69, 9.17) is 5.73 Å². The zero-order valence-corrected chi connectivity index (χ0v) is 12.8. The molecule has 0 aliphatic carbocycles. The van der Waals surface area contributed by atoms with Gasteiger partial charge in [-0.1, -0.05) is 24.3 Å². The highest BCUT2D eigenvalue weighted by atomic mass is 16.3. The smallest absolute Gasteiger partial charge is 0.250 e. The zero-order valence-electron chi connectivity index (χ0n) is 12.8. The number of amides is 2. The number of aliphatic hydroxyl groups is 1. The standard InChI is InChI=1S/C17H16N4O3/c18-17(24)11-5-1-2-6-12(11)20-16(23)9-21-14-8-4-3-7-13(14)19-15(21)10-22/h1-8,22H,9-10H2,(H2,18,24)(H,20,23). The van der Waals surface area contributed by atoms with E-state index in [1.165, 1.54) is 0 Å². The average molecular weight is 324 g/mol. The first-order valence-corrected chi connectivity index (χ1v) is 7.34. The first kappa shape index (κ1) is 15.7. The number of aliphatic hydroxyl groups excluding tert-OH is 1. The number of benzene rings is 2. The molecule has 7 heteroatoms. The number of fused-ring (bicyclic) bond motifs is 1. The lowest BCUT2D eigenvalue weighted by Gasteiger charge is -2.11. The van der Waals surface area contributed by atoms with Crippen LogP contribution in [-0.4, -0.2) is 26.5 Å². The molecule has 0 spiro atoms. The van der Waals surface area contributed by atoms with Crippen LogP contribution in [0.1, 0.15) is 16.2 Å². The molecule has 0 aliphatic rings. The number of anilines is 1. The number of carbonyl (C=O) groups is 2. The molecule has 122 valence electrons. The Kier molecular flexibility index (Phi) is 4.26. The van der Waals surface area contributed by atoms with Crippen molar-refractivity contribution in [2.45, 2.75) is 13.2 Å². The van der Waals surface area contributed by atoms with E-state index in [1.54, 1.807) is 28.8 Å². The fourth-order valence-corrected chi connectivity index (χ4v) is 2.56. The Morgan fingerprint density at radius 3 is 2.58 bits per heavy atom. The number of nitrogens with one attached hydrogen (secondary N) is 1. The van der Waals surface area contributed by atoms with Gasteiger partial charge in [-0.2, -0.15) is 0 Å². The quantitative estimate of drug-likeness (QED) is 0.656. The van der Waals surface area contributed by atoms with Crippen LogP contribution in [0.25, 0.3) is 11.0 Å². The largest absolute Gasteiger partial charge is 0.388 e. The van der Waals surface area contributed by atoms with E-state index in [0.29, 0.717) is 17.0 Å². The van der Waals surface area contributed by atoms with Crippen molar-refractivity contribution in [3.8, 4) is 0 Å². The molecule has 2 aromatic carbocycles. The predicted molar refractivity (Wildman–Crippen MR) is 89.2 cm³/mol. The van der Waals surface area contributed by atoms with Crippen molar-refractivity contribution in [3.05, 3.63) is 59.9 Å². The fraction of sp³-hybridized carbons (Fsp3) is 0.118. The number of nitrogens with zero attached hydrogens (tertiary/aromatic N) is 2. The summed E-state index contributed by atoms with van der Waals surface area (Å²) in [5.41, 5.74) is 7.35. The van der Waals surface area contributed by atoms with Gasteiger partial charge in [0.2, 0.25) is 5.91 Å². The van der Waals surface area contributed by atoms with Crippen molar-refractivity contribution >= 4 is 28.5 Å². The number of primary amides is 1. The molecule has 0 atom stereocenters. The van der Waals surface area contributed by atoms with Crippen LogP contribution in [0.3, 0.4) is 0 Å². The van der Waals surface area contributed by atoms with E-state index in [0.717, 1.165) is 5.52 Å². The van der Waals surface area contributed by atoms with Gasteiger partial charge in [0.25, 0.3) is 5.91 Å². The second-order valence-corrected chi connectivity index (χ2v) is 5.22. The van der Waals surface area contributed by atoms with Gasteiger partial charge in [0, 0.05) is 0 Å². The lowest BCUT2D eigenvalue weighted by Crippen LogP contribution is -2.22. The monoisotopic (exact) mass is 324 g/mol. The van der Waals surface area contributed by atoms with Crippen molar-refractivity contribution in [1.29, 1.82) is 0 Å². The molecule has 2 amide bonds. The van der Waals surface area contributed by atoms with Crippen molar-refractivity contribution in [2.75, 3.05) is 5.32 Å². The van der Waals surface area contributed by atoms with E-state index in [9.17, 15) is 14.7 Å². The number of hydrogen-bond acceptors (Lipinski definition) is 4. The Morgan fingerprint density at radius 1 is 1.12 bits per heavy atom. The number of nitrogens with two attached hydrogens (primary N) is 1. The fourth-order valence-electron chi connectivity index (χ4n) is 2.56. The molecule has 24 heavy (non-hydrogen) atoms. The van der Waals surface area contributed by atoms with Crippen molar-refractivity contribution in [2.24, 2.45) is 5.73 Å². The Hall–Kier alpha value is -3.19. The minimum absolute atomic E-state index is 0.0382. The lowest BCUT2D eigenvalue weighted by atomic mass is 10.1. The molecule has 4 N–H and O–H groups in total. The predicted octanol–water partition coefficient (Wildman–Crippen LogP) is 1.27. The molecule has 0 aliphatic heterocycles. The van der Waals surface area contributed by atoms with E-state index in [2.05, 4.69) is 10.3 Å². The van der Waals surface area contributed by atoms with Crippen LogP contribution in [0.4, 0.5) is 5.69 Å². The first-order chi connectivity index (χ1) is 11.6. The number of aromatic nitrogens is 2. The van der Waals surface area contributed by atoms with E-state index >= 15 is 0 Å². The van der Waals surface area contributed by atoms with Crippen molar-refractivity contribution < 1.29 is 14.7 Å². The van der Waals surface area contributed by atoms with Gasteiger partial charge < -0.3 is 20.7 Å². The summed E-state index contributed by atoms with van der Waals surface area (Å²) in [5.74, 6) is -0.564. The van der Waals surface area contributed by atoms with Crippen LogP contribution in [0, 0.1) is 0 Å². The summed E-state index contributed by atoms with van der Waals surface area (Å²) in [4.78, 5) is 28.1. The Bertz CT molecular complexity index is 917. The molecule has 1 heterocycles. The minimum Gasteiger partial charge on any atom is -0.388 e. The third-order valence-corrected chi connectivity index (χ3v) is 3.64. The molecular weight excluding hydrogens is 308 g/mol. The number of carbonyl (C=O) groups excluding carboxylic acids is 2. The molecule has 0 radical (unpaired) electrons. The molecule has 1 aromatic heterocycles. The Morgan fingerprint density at radius 2 is 1.83 bits per heavy atom. The summed E-state index contributed by atoms with van der Waals surface area (Å²) >= 11 is 0. The summed E-state index contributed by atoms with van der Waals surface area (Å²) in [5, 5.41) is 12.1. The summed E-state index contributed by atoms with van der Waals surface area (Å²) in [6.45, 7) is -0.316. The third-order valence-electron chi connectivity index (χ3n) is 3.64. The van der Waals surface area contributed by atoms with E-state index < -0.39 is 5.91 Å². The van der Waals surface area contributed by atoms with Crippen LogP contribution >= 0.6 is 0 Å². The Labute approximate surface area is 137 Å². The summed E-state index contributed by atoms with van der Waals surface area (Å²) in [7, 11) is 0. The maximum absolute atomic E-state index is 12.4. The topological polar surface area (TPSA) is 110 Å². The maximum atomic E-state index is 12.4. The number of para-hydroxylation sites is 3. The van der Waals surface area contributed by atoms with Gasteiger partial charge in [0.1, 0.15) is 19.0 Å². The first-order valence-electron chi connectivity index (χ1n) is 7.34. The number of hydrogen-bond donors (Lipinski definition) is 3. The van der Waals surface area contributed by atoms with Crippen LogP contribution < -0.4 is 11.1 Å². The van der Waals surface area contributed by atoms with Crippen molar-refractivity contribution in [3.63, 3.8) is 0 Å². The SMILES string of the molecule is NC(=O)c1ccccc1NC(=O)Cn1c(CO)nc2ccccc21. The highest BCUT2D eigenvalue weighted by molar-refractivity contribution is 6.03. The lowest BCUT2D eigenvalue weighted by molar-refractivity contribution is -0.116. The van der Waals surface area contributed by atoms with Gasteiger partial charge in [0.15, 0.2) is 0 Å². The molecule has 3 rings (SSSR count). The van der Waals surface area contributed by atoms with Gasteiger partial charge in [-0.05, 0) is 24.3 Å². The molecule has 0 saturated heterocycles. The van der Waals surface area contributed by atoms with Crippen LogP contribution in [-0.2, 0) is 17.9 Å². The van der Waals surface area contributed by atoms with Crippen LogP contribution in [0.15, 0.2) is 48.5 Å². The van der Waals surface area contributed by atoms with Gasteiger partial charge in [0.05, 0.1) is 22.3 Å². The molecule has 0 unspecified atom stereocenters. The van der Waals surface area contributed by atoms with Crippen LogP contribution in [0.5, 0.6) is 0 Å². The van der Waals surface area contributed by atoms with Crippen molar-refractivity contribution in [1.82, 2.24) is 9.55 Å². The van der Waals surface area contributed by atoms with E-state index in [1.807, 2.05) is 24.3 Å². The van der Waals surface area contributed by atoms with Gasteiger partial charge in [-0.15, -0.1) is 0 Å². The zero-order chi connectivity index (χ0) is 17.1. The average Bonchev–Trinajstić information content (AvgIpc) is 2.93. The van der Waals surface area contributed by atoms with E-state index in [-0.39, 0.29) is 24.6 Å². The summed E-state index contributed by atoms with van der Waals surface area (Å²) < 4.78 is 1.64. The van der Waals surface area contributed by atoms with Crippen LogP contribution in [0.2, 0.25) is 0 Å². The minimum atomic E-state index is -0.616. The maximum Gasteiger partial charge on any atom is 0.250 e.